The van der Waals surface area contributed by atoms with Gasteiger partial charge in [0.2, 0.25) is 0 Å². The van der Waals surface area contributed by atoms with Gasteiger partial charge in [-0.15, -0.1) is 0 Å². The molecule has 0 spiro atoms. The van der Waals surface area contributed by atoms with E-state index in [9.17, 15) is 0 Å². The Labute approximate surface area is 134 Å². The summed E-state index contributed by atoms with van der Waals surface area (Å²) in [4.78, 5) is 8.94. The van der Waals surface area contributed by atoms with Gasteiger partial charge < -0.3 is 4.40 Å². The Morgan fingerprint density at radius 2 is 1.65 bits per heavy atom. The highest BCUT2D eigenvalue weighted by Gasteiger charge is 2.09. The minimum Gasteiger partial charge on any atom is -0.320 e. The number of aromatic nitrogens is 3. The molecule has 4 rings (SSSR count). The second-order valence-corrected chi connectivity index (χ2v) is 5.25. The van der Waals surface area contributed by atoms with Crippen LogP contribution in [0.5, 0.6) is 0 Å². The molecule has 23 heavy (non-hydrogen) atoms. The van der Waals surface area contributed by atoms with Crippen molar-refractivity contribution in [3.63, 3.8) is 0 Å². The molecule has 0 fully saturated rings. The van der Waals surface area contributed by atoms with Crippen LogP contribution in [0.2, 0.25) is 0 Å². The summed E-state index contributed by atoms with van der Waals surface area (Å²) in [5.74, 6) is 0. The predicted octanol–water partition coefficient (Wildman–Crippen LogP) is 4.67. The van der Waals surface area contributed by atoms with Crippen LogP contribution in [0.15, 0.2) is 91.6 Å². The van der Waals surface area contributed by atoms with Gasteiger partial charge in [0.15, 0.2) is 0 Å². The predicted molar refractivity (Wildman–Crippen MR) is 93.6 cm³/mol. The van der Waals surface area contributed by atoms with Crippen LogP contribution in [0.1, 0.15) is 0 Å². The van der Waals surface area contributed by atoms with Crippen LogP contribution in [0, 0.1) is 0 Å². The fourth-order valence-corrected chi connectivity index (χ4v) is 2.78. The molecule has 110 valence electrons. The molecule has 3 heterocycles. The van der Waals surface area contributed by atoms with Gasteiger partial charge in [-0.05, 0) is 23.8 Å². The van der Waals surface area contributed by atoms with Gasteiger partial charge in [-0.2, -0.15) is 0 Å². The fourth-order valence-electron chi connectivity index (χ4n) is 2.78. The first-order valence-electron chi connectivity index (χ1n) is 7.51. The molecule has 0 N–H and O–H groups in total. The van der Waals surface area contributed by atoms with Gasteiger partial charge in [-0.1, -0.05) is 42.5 Å². The lowest BCUT2D eigenvalue weighted by Gasteiger charge is -2.11. The number of rotatable bonds is 1. The third-order valence-corrected chi connectivity index (χ3v) is 3.80. The maximum Gasteiger partial charge on any atom is 0.0874 e. The zero-order valence-electron chi connectivity index (χ0n) is 12.5. The fraction of sp³-hybridized carbons (Fsp3) is 0. The monoisotopic (exact) mass is 297 g/mol. The Kier molecular flexibility index (Phi) is 3.45. The molecule has 1 aromatic carbocycles. The quantitative estimate of drug-likeness (QED) is 0.511. The smallest absolute Gasteiger partial charge is 0.0874 e. The highest BCUT2D eigenvalue weighted by molar-refractivity contribution is 6.01. The van der Waals surface area contributed by atoms with Gasteiger partial charge in [0.05, 0.1) is 17.2 Å². The normalized spacial score (nSPS) is 10.6. The summed E-state index contributed by atoms with van der Waals surface area (Å²) in [6.45, 7) is 0. The van der Waals surface area contributed by atoms with Crippen LogP contribution < -0.4 is 0 Å². The molecule has 0 saturated heterocycles. The molecule has 3 nitrogen and oxygen atoms in total. The summed E-state index contributed by atoms with van der Waals surface area (Å²) in [7, 11) is 0. The number of pyridine rings is 2. The maximum absolute atomic E-state index is 4.53. The van der Waals surface area contributed by atoms with E-state index < -0.39 is 0 Å². The summed E-state index contributed by atoms with van der Waals surface area (Å²) in [5, 5.41) is 1.12. The van der Waals surface area contributed by atoms with Crippen LogP contribution in [0.25, 0.3) is 27.5 Å². The van der Waals surface area contributed by atoms with Crippen molar-refractivity contribution in [1.29, 1.82) is 0 Å². The minimum atomic E-state index is 0.959. The molecule has 0 aliphatic heterocycles. The van der Waals surface area contributed by atoms with Crippen LogP contribution in [-0.4, -0.2) is 14.4 Å². The van der Waals surface area contributed by atoms with Gasteiger partial charge in [0, 0.05) is 35.7 Å². The lowest BCUT2D eigenvalue weighted by Crippen LogP contribution is -1.93. The standard InChI is InChI=1S/C20H15N3/c1-3-8-16(9-4-1)20-17-10-7-12-22-18(17)15-23-13-6-2-5-11-21-14-19(20)23/h1-15H. The lowest BCUT2D eigenvalue weighted by atomic mass is 10.0. The van der Waals surface area contributed by atoms with E-state index in [4.69, 9.17) is 0 Å². The summed E-state index contributed by atoms with van der Waals surface area (Å²) in [5.41, 5.74) is 4.29. The van der Waals surface area contributed by atoms with Crippen molar-refractivity contribution < 1.29 is 0 Å². The summed E-state index contributed by atoms with van der Waals surface area (Å²) >= 11 is 0. The Morgan fingerprint density at radius 1 is 0.783 bits per heavy atom. The molecular formula is C20H15N3. The van der Waals surface area contributed by atoms with Crippen molar-refractivity contribution in [1.82, 2.24) is 14.4 Å². The van der Waals surface area contributed by atoms with Crippen molar-refractivity contribution in [2.24, 2.45) is 0 Å². The van der Waals surface area contributed by atoms with Crippen molar-refractivity contribution >= 4 is 16.4 Å². The van der Waals surface area contributed by atoms with Crippen molar-refractivity contribution in [3.8, 4) is 11.1 Å². The van der Waals surface area contributed by atoms with E-state index in [1.165, 1.54) is 0 Å². The topological polar surface area (TPSA) is 30.2 Å². The van der Waals surface area contributed by atoms with Crippen LogP contribution in [0.3, 0.4) is 0 Å². The molecular weight excluding hydrogens is 282 g/mol. The number of fused-ring (bicyclic) bond motifs is 2. The summed E-state index contributed by atoms with van der Waals surface area (Å²) in [6, 6.07) is 20.3. The first kappa shape index (κ1) is 13.5. The molecule has 0 amide bonds. The molecule has 0 saturated carbocycles. The Balaban J connectivity index is 2.25. The Morgan fingerprint density at radius 3 is 2.57 bits per heavy atom. The highest BCUT2D eigenvalue weighted by atomic mass is 14.9. The van der Waals surface area contributed by atoms with Crippen molar-refractivity contribution in [2.45, 2.75) is 0 Å². The number of hydrogen-bond acceptors (Lipinski definition) is 2. The summed E-state index contributed by atoms with van der Waals surface area (Å²) < 4.78 is 2.07. The number of hydrogen-bond donors (Lipinski definition) is 0. The SMILES string of the molecule is c1ccc(-c2c3cccnc3cn3cccccncc23)cc1. The van der Waals surface area contributed by atoms with E-state index in [1.807, 2.05) is 55.1 Å². The largest absolute Gasteiger partial charge is 0.320 e. The number of nitrogens with zero attached hydrogens (tertiary/aromatic N) is 3. The zero-order chi connectivity index (χ0) is 15.5. The van der Waals surface area contributed by atoms with Gasteiger partial charge in [0.25, 0.3) is 0 Å². The molecule has 0 atom stereocenters. The first-order chi connectivity index (χ1) is 11.4. The highest BCUT2D eigenvalue weighted by Crippen LogP contribution is 2.31. The first-order valence-corrected chi connectivity index (χ1v) is 7.51. The Bertz CT molecular complexity index is 1020. The number of benzene rings is 1. The second kappa shape index (κ2) is 5.89. The van der Waals surface area contributed by atoms with E-state index in [1.54, 1.807) is 6.20 Å². The second-order valence-electron chi connectivity index (χ2n) is 5.25. The average Bonchev–Trinajstić information content (AvgIpc) is 2.72. The van der Waals surface area contributed by atoms with Gasteiger partial charge >= 0.3 is 0 Å². The van der Waals surface area contributed by atoms with Crippen molar-refractivity contribution in [2.75, 3.05) is 0 Å². The zero-order valence-corrected chi connectivity index (χ0v) is 12.5. The molecule has 3 heteroatoms. The third kappa shape index (κ3) is 2.53. The third-order valence-electron chi connectivity index (χ3n) is 3.80. The van der Waals surface area contributed by atoms with Crippen molar-refractivity contribution in [3.05, 3.63) is 91.6 Å². The van der Waals surface area contributed by atoms with Crippen LogP contribution >= 0.6 is 0 Å². The molecule has 0 aliphatic carbocycles. The van der Waals surface area contributed by atoms with Gasteiger partial charge in [0.1, 0.15) is 0 Å². The molecule has 0 bridgehead atoms. The van der Waals surface area contributed by atoms with Gasteiger partial charge in [-0.3, -0.25) is 9.97 Å². The van der Waals surface area contributed by atoms with E-state index in [0.29, 0.717) is 0 Å². The average molecular weight is 297 g/mol. The lowest BCUT2D eigenvalue weighted by molar-refractivity contribution is 1.17. The van der Waals surface area contributed by atoms with Gasteiger partial charge in [-0.25, -0.2) is 0 Å². The molecule has 0 unspecified atom stereocenters. The van der Waals surface area contributed by atoms with E-state index in [-0.39, 0.29) is 0 Å². The van der Waals surface area contributed by atoms with E-state index in [0.717, 1.165) is 27.5 Å². The van der Waals surface area contributed by atoms with Crippen LogP contribution in [-0.2, 0) is 0 Å². The van der Waals surface area contributed by atoms with E-state index in [2.05, 4.69) is 44.7 Å². The molecule has 0 radical (unpaired) electrons. The molecule has 3 aromatic heterocycles. The molecule has 0 aliphatic rings. The Hall–Kier alpha value is -3.20. The van der Waals surface area contributed by atoms with Crippen LogP contribution in [0.4, 0.5) is 0 Å². The molecule has 4 aromatic rings. The maximum atomic E-state index is 4.53. The summed E-state index contributed by atoms with van der Waals surface area (Å²) in [6.07, 6.45) is 9.58. The minimum absolute atomic E-state index is 0.959. The van der Waals surface area contributed by atoms with E-state index >= 15 is 0 Å².